The van der Waals surface area contributed by atoms with Crippen molar-refractivity contribution < 1.29 is 19.8 Å². The molecule has 0 bridgehead atoms. The van der Waals surface area contributed by atoms with E-state index in [0.29, 0.717) is 5.41 Å². The predicted octanol–water partition coefficient (Wildman–Crippen LogP) is 1.50. The first-order valence-electron chi connectivity index (χ1n) is 5.54. The summed E-state index contributed by atoms with van der Waals surface area (Å²) in [5.74, 6) is -3.65. The lowest BCUT2D eigenvalue weighted by atomic mass is 9.88. The van der Waals surface area contributed by atoms with Crippen molar-refractivity contribution in [3.8, 4) is 0 Å². The maximum atomic E-state index is 9.10. The van der Waals surface area contributed by atoms with Gasteiger partial charge in [-0.2, -0.15) is 0 Å². The van der Waals surface area contributed by atoms with Crippen molar-refractivity contribution in [2.24, 2.45) is 0 Å². The van der Waals surface area contributed by atoms with Gasteiger partial charge in [-0.05, 0) is 31.5 Å². The highest BCUT2D eigenvalue weighted by Gasteiger charge is 2.34. The van der Waals surface area contributed by atoms with E-state index in [2.05, 4.69) is 36.4 Å². The van der Waals surface area contributed by atoms with Crippen molar-refractivity contribution >= 4 is 23.3 Å². The smallest absolute Gasteiger partial charge is 0.414 e. The highest BCUT2D eigenvalue weighted by atomic mass is 32.1. The molecule has 0 aromatic carbocycles. The van der Waals surface area contributed by atoms with Crippen molar-refractivity contribution in [2.75, 3.05) is 20.1 Å². The van der Waals surface area contributed by atoms with E-state index >= 15 is 0 Å². The molecule has 0 spiro atoms. The molecule has 1 unspecified atom stereocenters. The standard InChI is InChI=1S/C10H15NS.C2H2O4/c1-10(5-6-11(2)8-10)9-4-3-7-12-9;3-1(4)2(5)6/h3-4,7H,5-6,8H2,1-2H3;(H,3,4)(H,5,6). The molecule has 2 N–H and O–H groups in total. The number of thiophene rings is 1. The minimum atomic E-state index is -1.82. The number of carboxylic acid groups (broad SMARTS) is 2. The summed E-state index contributed by atoms with van der Waals surface area (Å²) in [7, 11) is 2.21. The summed E-state index contributed by atoms with van der Waals surface area (Å²) in [6.07, 6.45) is 1.31. The molecule has 0 radical (unpaired) electrons. The minimum absolute atomic E-state index is 0.433. The lowest BCUT2D eigenvalue weighted by Gasteiger charge is -2.21. The molecule has 1 aliphatic rings. The van der Waals surface area contributed by atoms with E-state index in [9.17, 15) is 0 Å². The number of hydrogen-bond donors (Lipinski definition) is 2. The number of rotatable bonds is 1. The van der Waals surface area contributed by atoms with Gasteiger partial charge in [0.15, 0.2) is 0 Å². The van der Waals surface area contributed by atoms with Gasteiger partial charge in [0.1, 0.15) is 0 Å². The van der Waals surface area contributed by atoms with Crippen LogP contribution in [0.25, 0.3) is 0 Å². The maximum Gasteiger partial charge on any atom is 0.414 e. The predicted molar refractivity (Wildman–Crippen MR) is 69.1 cm³/mol. The van der Waals surface area contributed by atoms with Gasteiger partial charge in [0.2, 0.25) is 0 Å². The molecule has 2 heterocycles. The Kier molecular flexibility index (Phi) is 4.86. The molecule has 1 atom stereocenters. The number of hydrogen-bond acceptors (Lipinski definition) is 4. The Morgan fingerprint density at radius 3 is 2.33 bits per heavy atom. The normalized spacial score (nSPS) is 23.2. The number of likely N-dealkylation sites (tertiary alicyclic amines) is 1. The zero-order chi connectivity index (χ0) is 13.8. The van der Waals surface area contributed by atoms with Crippen LogP contribution in [0.4, 0.5) is 0 Å². The van der Waals surface area contributed by atoms with Crippen molar-refractivity contribution in [3.05, 3.63) is 22.4 Å². The summed E-state index contributed by atoms with van der Waals surface area (Å²) < 4.78 is 0. The van der Waals surface area contributed by atoms with Crippen molar-refractivity contribution in [2.45, 2.75) is 18.8 Å². The Bertz CT molecular complexity index is 406. The van der Waals surface area contributed by atoms with Gasteiger partial charge in [-0.3, -0.25) is 0 Å². The molecule has 1 fully saturated rings. The summed E-state index contributed by atoms with van der Waals surface area (Å²) in [5, 5.41) is 17.0. The van der Waals surface area contributed by atoms with E-state index in [1.165, 1.54) is 19.5 Å². The molecule has 18 heavy (non-hydrogen) atoms. The Labute approximate surface area is 110 Å². The monoisotopic (exact) mass is 271 g/mol. The average Bonchev–Trinajstić information content (AvgIpc) is 2.89. The summed E-state index contributed by atoms with van der Waals surface area (Å²) in [5.41, 5.74) is 0.433. The average molecular weight is 271 g/mol. The van der Waals surface area contributed by atoms with Gasteiger partial charge in [0, 0.05) is 16.8 Å². The summed E-state index contributed by atoms with van der Waals surface area (Å²) in [4.78, 5) is 22.2. The number of nitrogens with zero attached hydrogens (tertiary/aromatic N) is 1. The third-order valence-corrected chi connectivity index (χ3v) is 4.14. The minimum Gasteiger partial charge on any atom is -0.473 e. The molecule has 1 aromatic rings. The molecule has 1 aromatic heterocycles. The van der Waals surface area contributed by atoms with Crippen molar-refractivity contribution in [1.29, 1.82) is 0 Å². The van der Waals surface area contributed by atoms with Gasteiger partial charge in [-0.25, -0.2) is 9.59 Å². The molecule has 0 aliphatic carbocycles. The van der Waals surface area contributed by atoms with Gasteiger partial charge >= 0.3 is 11.9 Å². The third kappa shape index (κ3) is 3.82. The lowest BCUT2D eigenvalue weighted by Crippen LogP contribution is -2.24. The molecule has 2 rings (SSSR count). The van der Waals surface area contributed by atoms with E-state index in [1.54, 1.807) is 4.88 Å². The largest absolute Gasteiger partial charge is 0.473 e. The topological polar surface area (TPSA) is 77.8 Å². The maximum absolute atomic E-state index is 9.10. The molecule has 0 saturated carbocycles. The van der Waals surface area contributed by atoms with E-state index in [0.717, 1.165) is 0 Å². The van der Waals surface area contributed by atoms with E-state index in [1.807, 2.05) is 11.3 Å². The number of aliphatic carboxylic acids is 2. The van der Waals surface area contributed by atoms with Gasteiger partial charge in [-0.15, -0.1) is 11.3 Å². The van der Waals surface area contributed by atoms with Crippen LogP contribution in [0.15, 0.2) is 17.5 Å². The molecule has 5 nitrogen and oxygen atoms in total. The van der Waals surface area contributed by atoms with E-state index in [-0.39, 0.29) is 0 Å². The van der Waals surface area contributed by atoms with Crippen LogP contribution in [-0.4, -0.2) is 47.2 Å². The van der Waals surface area contributed by atoms with Crippen LogP contribution < -0.4 is 0 Å². The van der Waals surface area contributed by atoms with Crippen molar-refractivity contribution in [3.63, 3.8) is 0 Å². The van der Waals surface area contributed by atoms with Crippen LogP contribution in [0.1, 0.15) is 18.2 Å². The third-order valence-electron chi connectivity index (χ3n) is 2.96. The zero-order valence-corrected chi connectivity index (χ0v) is 11.2. The fraction of sp³-hybridized carbons (Fsp3) is 0.500. The summed E-state index contributed by atoms with van der Waals surface area (Å²) in [6, 6.07) is 4.42. The highest BCUT2D eigenvalue weighted by molar-refractivity contribution is 7.10. The molecular formula is C12H17NO4S. The van der Waals surface area contributed by atoms with Gasteiger partial charge in [-0.1, -0.05) is 13.0 Å². The zero-order valence-electron chi connectivity index (χ0n) is 10.4. The fourth-order valence-electron chi connectivity index (χ4n) is 2.01. The number of likely N-dealkylation sites (N-methyl/N-ethyl adjacent to an activating group) is 1. The van der Waals surface area contributed by atoms with Crippen molar-refractivity contribution in [1.82, 2.24) is 4.90 Å². The van der Waals surface area contributed by atoms with E-state index < -0.39 is 11.9 Å². The summed E-state index contributed by atoms with van der Waals surface area (Å²) >= 11 is 1.89. The molecule has 100 valence electrons. The Balaban J connectivity index is 0.000000232. The number of carbonyl (C=O) groups is 2. The van der Waals surface area contributed by atoms with Gasteiger partial charge in [0.25, 0.3) is 0 Å². The molecular weight excluding hydrogens is 254 g/mol. The van der Waals surface area contributed by atoms with Crippen LogP contribution in [-0.2, 0) is 15.0 Å². The SMILES string of the molecule is CN1CCC(C)(c2cccs2)C1.O=C(O)C(=O)O. The molecule has 1 aliphatic heterocycles. The quantitative estimate of drug-likeness (QED) is 0.757. The molecule has 6 heteroatoms. The Morgan fingerprint density at radius 1 is 1.39 bits per heavy atom. The summed E-state index contributed by atoms with van der Waals surface area (Å²) in [6.45, 7) is 4.84. The highest BCUT2D eigenvalue weighted by Crippen LogP contribution is 2.35. The Morgan fingerprint density at radius 2 is 2.00 bits per heavy atom. The van der Waals surface area contributed by atoms with Crippen LogP contribution >= 0.6 is 11.3 Å². The van der Waals surface area contributed by atoms with Gasteiger partial charge in [0.05, 0.1) is 0 Å². The van der Waals surface area contributed by atoms with Crippen LogP contribution in [0.2, 0.25) is 0 Å². The Hall–Kier alpha value is -1.40. The second kappa shape index (κ2) is 5.97. The first-order chi connectivity index (χ1) is 8.35. The second-order valence-corrected chi connectivity index (χ2v) is 5.58. The van der Waals surface area contributed by atoms with Crippen LogP contribution in [0.3, 0.4) is 0 Å². The first-order valence-corrected chi connectivity index (χ1v) is 6.42. The second-order valence-electron chi connectivity index (χ2n) is 4.64. The van der Waals surface area contributed by atoms with Gasteiger partial charge < -0.3 is 15.1 Å². The number of carboxylic acids is 2. The van der Waals surface area contributed by atoms with Crippen LogP contribution in [0, 0.1) is 0 Å². The van der Waals surface area contributed by atoms with E-state index in [4.69, 9.17) is 19.8 Å². The van der Waals surface area contributed by atoms with Crippen LogP contribution in [0.5, 0.6) is 0 Å². The fourth-order valence-corrected chi connectivity index (χ4v) is 2.93. The lowest BCUT2D eigenvalue weighted by molar-refractivity contribution is -0.159. The molecule has 0 amide bonds. The first kappa shape index (κ1) is 14.7. The molecule has 1 saturated heterocycles.